The van der Waals surface area contributed by atoms with Crippen LogP contribution in [0.25, 0.3) is 0 Å². The quantitative estimate of drug-likeness (QED) is 0.664. The number of hydrogen-bond donors (Lipinski definition) is 1. The molecule has 2 fully saturated rings. The van der Waals surface area contributed by atoms with E-state index in [-0.39, 0.29) is 18.4 Å². The van der Waals surface area contributed by atoms with Crippen LogP contribution >= 0.6 is 0 Å². The smallest absolute Gasteiger partial charge is 0.248 e. The summed E-state index contributed by atoms with van der Waals surface area (Å²) >= 11 is 0. The molecule has 0 aromatic carbocycles. The summed E-state index contributed by atoms with van der Waals surface area (Å²) in [5.74, 6) is 0.0829. The number of carbonyl (C=O) groups is 2. The Kier molecular flexibility index (Phi) is 5.55. The number of piperidine rings is 1. The largest absolute Gasteiger partial charge is 0.382 e. The van der Waals surface area contributed by atoms with Gasteiger partial charge in [0.25, 0.3) is 0 Å². The highest BCUT2D eigenvalue weighted by atomic mass is 16.5. The van der Waals surface area contributed by atoms with Crippen LogP contribution < -0.4 is 5.32 Å². The fraction of sp³-hybridized carbons (Fsp3) is 0.857. The van der Waals surface area contributed by atoms with E-state index in [1.54, 1.807) is 12.0 Å². The van der Waals surface area contributed by atoms with Crippen LogP contribution in [0.2, 0.25) is 0 Å². The number of hydrogen-bond acceptors (Lipinski definition) is 5. The van der Waals surface area contributed by atoms with Crippen molar-refractivity contribution in [2.75, 3.05) is 60.2 Å². The van der Waals surface area contributed by atoms with Crippen molar-refractivity contribution in [3.63, 3.8) is 0 Å². The number of ether oxygens (including phenoxy) is 2. The highest BCUT2D eigenvalue weighted by molar-refractivity contribution is 5.87. The average molecular weight is 299 g/mol. The molecule has 0 aromatic rings. The highest BCUT2D eigenvalue weighted by Gasteiger charge is 2.46. The molecule has 21 heavy (non-hydrogen) atoms. The van der Waals surface area contributed by atoms with Gasteiger partial charge in [-0.3, -0.25) is 14.5 Å². The summed E-state index contributed by atoms with van der Waals surface area (Å²) in [4.78, 5) is 28.2. The summed E-state index contributed by atoms with van der Waals surface area (Å²) < 4.78 is 10.1. The van der Waals surface area contributed by atoms with E-state index in [9.17, 15) is 9.59 Å². The number of methoxy groups -OCH3 is 1. The molecule has 0 saturated carbocycles. The molecule has 0 bridgehead atoms. The maximum atomic E-state index is 12.2. The summed E-state index contributed by atoms with van der Waals surface area (Å²) in [6.07, 6.45) is 1.36. The number of piperazine rings is 1. The molecule has 2 heterocycles. The zero-order valence-electron chi connectivity index (χ0n) is 12.9. The minimum atomic E-state index is -0.439. The van der Waals surface area contributed by atoms with E-state index < -0.39 is 5.54 Å². The molecule has 2 aliphatic rings. The van der Waals surface area contributed by atoms with Gasteiger partial charge in [-0.05, 0) is 19.9 Å². The van der Waals surface area contributed by atoms with Gasteiger partial charge in [0.05, 0.1) is 13.2 Å². The Morgan fingerprint density at radius 2 is 2.00 bits per heavy atom. The minimum Gasteiger partial charge on any atom is -0.382 e. The Hall–Kier alpha value is -1.18. The second kappa shape index (κ2) is 7.20. The lowest BCUT2D eigenvalue weighted by Gasteiger charge is -2.48. The summed E-state index contributed by atoms with van der Waals surface area (Å²) in [6.45, 7) is 3.76. The highest BCUT2D eigenvalue weighted by Crippen LogP contribution is 2.29. The van der Waals surface area contributed by atoms with Gasteiger partial charge in [-0.15, -0.1) is 0 Å². The number of nitrogens with zero attached hydrogens (tertiary/aromatic N) is 2. The van der Waals surface area contributed by atoms with Gasteiger partial charge in [-0.1, -0.05) is 0 Å². The summed E-state index contributed by atoms with van der Waals surface area (Å²) in [6, 6.07) is 0. The number of likely N-dealkylation sites (tertiary alicyclic amines) is 1. The zero-order chi connectivity index (χ0) is 15.3. The normalized spacial score (nSPS) is 22.4. The van der Waals surface area contributed by atoms with Crippen molar-refractivity contribution >= 4 is 11.8 Å². The lowest BCUT2D eigenvalue weighted by molar-refractivity contribution is -0.147. The van der Waals surface area contributed by atoms with Crippen LogP contribution in [0.1, 0.15) is 12.8 Å². The van der Waals surface area contributed by atoms with Crippen molar-refractivity contribution in [1.82, 2.24) is 15.1 Å². The first-order valence-electron chi connectivity index (χ1n) is 7.44. The fourth-order valence-corrected chi connectivity index (χ4v) is 3.02. The van der Waals surface area contributed by atoms with E-state index >= 15 is 0 Å². The molecule has 7 nitrogen and oxygen atoms in total. The molecule has 0 aliphatic carbocycles. The molecule has 2 saturated heterocycles. The third-order valence-corrected chi connectivity index (χ3v) is 4.49. The van der Waals surface area contributed by atoms with Gasteiger partial charge in [-0.2, -0.15) is 0 Å². The predicted octanol–water partition coefficient (Wildman–Crippen LogP) is -0.928. The molecule has 2 amide bonds. The number of nitrogens with one attached hydrogen (secondary N) is 1. The third kappa shape index (κ3) is 3.53. The molecule has 1 N–H and O–H groups in total. The first-order valence-corrected chi connectivity index (χ1v) is 7.44. The Labute approximate surface area is 125 Å². The molecular weight excluding hydrogens is 274 g/mol. The van der Waals surface area contributed by atoms with Crippen molar-refractivity contribution in [1.29, 1.82) is 0 Å². The van der Waals surface area contributed by atoms with Crippen molar-refractivity contribution in [3.8, 4) is 0 Å². The average Bonchev–Trinajstić information content (AvgIpc) is 2.50. The second-order valence-electron chi connectivity index (χ2n) is 5.64. The van der Waals surface area contributed by atoms with Crippen LogP contribution in [0.4, 0.5) is 0 Å². The molecule has 0 aromatic heterocycles. The lowest BCUT2D eigenvalue weighted by atomic mass is 9.83. The zero-order valence-corrected chi connectivity index (χ0v) is 12.9. The van der Waals surface area contributed by atoms with Gasteiger partial charge in [0.15, 0.2) is 0 Å². The maximum absolute atomic E-state index is 12.2. The molecule has 2 rings (SSSR count). The lowest BCUT2D eigenvalue weighted by Crippen LogP contribution is -2.67. The maximum Gasteiger partial charge on any atom is 0.248 e. The first kappa shape index (κ1) is 16.2. The van der Waals surface area contributed by atoms with Crippen LogP contribution in [0.3, 0.4) is 0 Å². The van der Waals surface area contributed by atoms with E-state index in [2.05, 4.69) is 10.2 Å². The van der Waals surface area contributed by atoms with Gasteiger partial charge < -0.3 is 19.7 Å². The predicted molar refractivity (Wildman–Crippen MR) is 76.9 cm³/mol. The summed E-state index contributed by atoms with van der Waals surface area (Å²) in [7, 11) is 3.59. The number of likely N-dealkylation sites (N-methyl/N-ethyl adjacent to an activating group) is 1. The van der Waals surface area contributed by atoms with Gasteiger partial charge in [0.1, 0.15) is 12.1 Å². The van der Waals surface area contributed by atoms with E-state index in [0.29, 0.717) is 45.7 Å². The van der Waals surface area contributed by atoms with Gasteiger partial charge in [-0.25, -0.2) is 0 Å². The number of carbonyl (C=O) groups excluding carboxylic acids is 2. The Morgan fingerprint density at radius 1 is 1.29 bits per heavy atom. The van der Waals surface area contributed by atoms with Crippen LogP contribution in [-0.2, 0) is 19.1 Å². The van der Waals surface area contributed by atoms with Crippen molar-refractivity contribution in [3.05, 3.63) is 0 Å². The standard InChI is InChI=1S/C14H25N3O4/c1-16-8-5-15-13(19)14(16)3-6-17(7-4-14)12(18)11-21-10-9-20-2/h3-11H2,1-2H3,(H,15,19). The van der Waals surface area contributed by atoms with Crippen LogP contribution in [0.15, 0.2) is 0 Å². The SMILES string of the molecule is COCCOCC(=O)N1CCC2(CC1)C(=O)NCCN2C. The Bertz CT molecular complexity index is 380. The molecular formula is C14H25N3O4. The second-order valence-corrected chi connectivity index (χ2v) is 5.64. The summed E-state index contributed by atoms with van der Waals surface area (Å²) in [5.41, 5.74) is -0.439. The van der Waals surface area contributed by atoms with E-state index in [1.807, 2.05) is 7.05 Å². The fourth-order valence-electron chi connectivity index (χ4n) is 3.02. The van der Waals surface area contributed by atoms with Crippen molar-refractivity contribution in [2.24, 2.45) is 0 Å². The summed E-state index contributed by atoms with van der Waals surface area (Å²) in [5, 5.41) is 2.94. The molecule has 0 unspecified atom stereocenters. The molecule has 2 aliphatic heterocycles. The van der Waals surface area contributed by atoms with E-state index in [0.717, 1.165) is 6.54 Å². The van der Waals surface area contributed by atoms with Crippen molar-refractivity contribution in [2.45, 2.75) is 18.4 Å². The molecule has 0 atom stereocenters. The third-order valence-electron chi connectivity index (χ3n) is 4.49. The van der Waals surface area contributed by atoms with Crippen molar-refractivity contribution < 1.29 is 19.1 Å². The van der Waals surface area contributed by atoms with E-state index in [4.69, 9.17) is 9.47 Å². The van der Waals surface area contributed by atoms with Gasteiger partial charge >= 0.3 is 0 Å². The molecule has 1 spiro atoms. The monoisotopic (exact) mass is 299 g/mol. The Balaban J connectivity index is 1.82. The van der Waals surface area contributed by atoms with Crippen LogP contribution in [0.5, 0.6) is 0 Å². The molecule has 120 valence electrons. The topological polar surface area (TPSA) is 71.1 Å². The van der Waals surface area contributed by atoms with Gasteiger partial charge in [0, 0.05) is 33.3 Å². The number of amides is 2. The van der Waals surface area contributed by atoms with Crippen LogP contribution in [-0.4, -0.2) is 87.3 Å². The Morgan fingerprint density at radius 3 is 2.62 bits per heavy atom. The number of rotatable bonds is 5. The van der Waals surface area contributed by atoms with Gasteiger partial charge in [0.2, 0.25) is 11.8 Å². The van der Waals surface area contributed by atoms with E-state index in [1.165, 1.54) is 0 Å². The first-order chi connectivity index (χ1) is 10.1. The molecule has 0 radical (unpaired) electrons. The molecule has 7 heteroatoms. The van der Waals surface area contributed by atoms with Crippen LogP contribution in [0, 0.1) is 0 Å². The minimum absolute atomic E-state index is 0.0141.